The number of aromatic nitrogens is 4. The molecule has 212 valence electrons. The van der Waals surface area contributed by atoms with Crippen LogP contribution in [0.4, 0.5) is 10.2 Å². The summed E-state index contributed by atoms with van der Waals surface area (Å²) in [6, 6.07) is 4.89. The van der Waals surface area contributed by atoms with E-state index in [1.807, 2.05) is 9.58 Å². The second kappa shape index (κ2) is 9.78. The Morgan fingerprint density at radius 3 is 2.73 bits per heavy atom. The highest BCUT2D eigenvalue weighted by Crippen LogP contribution is 2.47. The first-order valence-electron chi connectivity index (χ1n) is 13.2. The maximum Gasteiger partial charge on any atom is 0.273 e. The third kappa shape index (κ3) is 4.65. The first kappa shape index (κ1) is 27.1. The van der Waals surface area contributed by atoms with Crippen LogP contribution in [-0.4, -0.2) is 65.9 Å². The molecule has 1 aromatic carbocycles. The van der Waals surface area contributed by atoms with Gasteiger partial charge in [0.25, 0.3) is 5.91 Å². The molecular weight excluding hydrogens is 559 g/mol. The lowest BCUT2D eigenvalue weighted by Gasteiger charge is -2.43. The van der Waals surface area contributed by atoms with E-state index in [2.05, 4.69) is 15.1 Å². The molecule has 0 saturated carbocycles. The largest absolute Gasteiger partial charge is 0.365 e. The Kier molecular flexibility index (Phi) is 6.62. The summed E-state index contributed by atoms with van der Waals surface area (Å²) >= 11 is 6.18. The summed E-state index contributed by atoms with van der Waals surface area (Å²) < 4.78 is 48.1. The lowest BCUT2D eigenvalue weighted by atomic mass is 9.75. The summed E-state index contributed by atoms with van der Waals surface area (Å²) in [7, 11) is -0.364. The van der Waals surface area contributed by atoms with Gasteiger partial charge < -0.3 is 14.5 Å². The van der Waals surface area contributed by atoms with Gasteiger partial charge in [-0.2, -0.15) is 5.10 Å². The van der Waals surface area contributed by atoms with Gasteiger partial charge in [0.15, 0.2) is 5.69 Å². The number of carbonyl (C=O) groups excluding carboxylic acids is 1. The lowest BCUT2D eigenvalue weighted by Crippen LogP contribution is -2.41. The molecule has 3 aromatic rings. The lowest BCUT2D eigenvalue weighted by molar-refractivity contribution is -0.0856. The third-order valence-electron chi connectivity index (χ3n) is 7.93. The van der Waals surface area contributed by atoms with Crippen molar-refractivity contribution in [2.45, 2.75) is 62.6 Å². The molecule has 0 radical (unpaired) electrons. The summed E-state index contributed by atoms with van der Waals surface area (Å²) in [6.45, 7) is 1.79. The van der Waals surface area contributed by atoms with Crippen molar-refractivity contribution in [3.8, 4) is 0 Å². The van der Waals surface area contributed by atoms with Gasteiger partial charge in [-0.3, -0.25) is 9.48 Å². The van der Waals surface area contributed by atoms with Gasteiger partial charge >= 0.3 is 0 Å². The minimum Gasteiger partial charge on any atom is -0.365 e. The fourth-order valence-electron chi connectivity index (χ4n) is 5.98. The summed E-state index contributed by atoms with van der Waals surface area (Å²) in [6.07, 6.45) is 4.33. The molecule has 1 spiro atoms. The summed E-state index contributed by atoms with van der Waals surface area (Å²) in [5.41, 5.74) is 3.42. The van der Waals surface area contributed by atoms with Gasteiger partial charge in [-0.05, 0) is 55.0 Å². The highest BCUT2D eigenvalue weighted by atomic mass is 35.5. The number of hydrogen-bond acceptors (Lipinski definition) is 8. The van der Waals surface area contributed by atoms with Crippen molar-refractivity contribution in [3.63, 3.8) is 0 Å². The Labute approximate surface area is 237 Å². The zero-order valence-electron chi connectivity index (χ0n) is 22.6. The standard InChI is InChI=1S/C27H30ClFN6O4S/c1-33(2)25(36)22-11-17-14-34(8-5-9-35(17)32-22)24-18-15-39-27(13-23(18)30-26(31-24)40(3,37)38)7-4-6-16-10-21(29)20(28)12-19(16)27/h10-12H,4-9,13-15H2,1-3H3. The number of nitrogens with zero attached hydrogens (tertiary/aromatic N) is 6. The number of ether oxygens (including phenoxy) is 1. The Bertz CT molecular complexity index is 1640. The number of hydrogen-bond donors (Lipinski definition) is 0. The number of aryl methyl sites for hydroxylation is 2. The van der Waals surface area contributed by atoms with Crippen LogP contribution in [0.3, 0.4) is 0 Å². The first-order chi connectivity index (χ1) is 18.9. The zero-order chi connectivity index (χ0) is 28.4. The molecule has 1 atom stereocenters. The number of benzene rings is 1. The summed E-state index contributed by atoms with van der Waals surface area (Å²) in [5, 5.41) is 4.29. The maximum atomic E-state index is 14.3. The molecule has 2 aromatic heterocycles. The van der Waals surface area contributed by atoms with Crippen molar-refractivity contribution in [1.82, 2.24) is 24.6 Å². The van der Waals surface area contributed by atoms with E-state index in [1.54, 1.807) is 26.2 Å². The smallest absolute Gasteiger partial charge is 0.273 e. The molecule has 6 rings (SSSR count). The molecule has 1 aliphatic carbocycles. The quantitative estimate of drug-likeness (QED) is 0.429. The second-order valence-corrected chi connectivity index (χ2v) is 13.3. The molecule has 1 amide bonds. The Morgan fingerprint density at radius 1 is 1.18 bits per heavy atom. The minimum atomic E-state index is -3.73. The molecular formula is C27H30ClFN6O4S. The average Bonchev–Trinajstić information content (AvgIpc) is 3.19. The van der Waals surface area contributed by atoms with Crippen LogP contribution in [-0.2, 0) is 52.7 Å². The molecule has 3 aliphatic rings. The Morgan fingerprint density at radius 2 is 1.98 bits per heavy atom. The molecule has 13 heteroatoms. The number of fused-ring (bicyclic) bond motifs is 4. The molecule has 0 N–H and O–H groups in total. The van der Waals surface area contributed by atoms with Gasteiger partial charge in [-0.15, -0.1) is 0 Å². The molecule has 0 saturated heterocycles. The van der Waals surface area contributed by atoms with Gasteiger partial charge in [0.2, 0.25) is 15.0 Å². The molecule has 10 nitrogen and oxygen atoms in total. The van der Waals surface area contributed by atoms with Gasteiger partial charge in [0, 0.05) is 45.4 Å². The Hall–Kier alpha value is -3.09. The van der Waals surface area contributed by atoms with Crippen molar-refractivity contribution >= 4 is 33.2 Å². The number of anilines is 1. The Balaban J connectivity index is 1.42. The van der Waals surface area contributed by atoms with Crippen molar-refractivity contribution in [3.05, 3.63) is 62.8 Å². The van der Waals surface area contributed by atoms with Crippen molar-refractivity contribution in [1.29, 1.82) is 0 Å². The average molecular weight is 589 g/mol. The predicted molar refractivity (Wildman–Crippen MR) is 146 cm³/mol. The minimum absolute atomic E-state index is 0.0305. The van der Waals surface area contributed by atoms with E-state index in [1.165, 1.54) is 11.0 Å². The van der Waals surface area contributed by atoms with Crippen LogP contribution in [0, 0.1) is 5.82 Å². The van der Waals surface area contributed by atoms with E-state index in [-0.39, 0.29) is 22.7 Å². The van der Waals surface area contributed by atoms with Gasteiger partial charge in [0.05, 0.1) is 35.2 Å². The van der Waals surface area contributed by atoms with Gasteiger partial charge in [-0.25, -0.2) is 22.8 Å². The van der Waals surface area contributed by atoms with Crippen molar-refractivity contribution in [2.75, 3.05) is 31.8 Å². The van der Waals surface area contributed by atoms with E-state index < -0.39 is 21.3 Å². The van der Waals surface area contributed by atoms with Gasteiger partial charge in [-0.1, -0.05) is 11.6 Å². The third-order valence-corrected chi connectivity index (χ3v) is 9.07. The maximum absolute atomic E-state index is 14.3. The normalized spacial score (nSPS) is 20.5. The molecule has 2 aliphatic heterocycles. The summed E-state index contributed by atoms with van der Waals surface area (Å²) in [5.74, 6) is -0.144. The second-order valence-electron chi connectivity index (χ2n) is 11.0. The highest BCUT2D eigenvalue weighted by Gasteiger charge is 2.43. The van der Waals surface area contributed by atoms with Crippen LogP contribution < -0.4 is 4.90 Å². The van der Waals surface area contributed by atoms with E-state index in [9.17, 15) is 17.6 Å². The number of rotatable bonds is 3. The highest BCUT2D eigenvalue weighted by molar-refractivity contribution is 7.90. The van der Waals surface area contributed by atoms with Crippen LogP contribution in [0.25, 0.3) is 0 Å². The number of sulfone groups is 1. The van der Waals surface area contributed by atoms with Crippen molar-refractivity contribution in [2.24, 2.45) is 0 Å². The molecule has 1 unspecified atom stereocenters. The topological polar surface area (TPSA) is 111 Å². The number of amides is 1. The van der Waals surface area contributed by atoms with Crippen LogP contribution >= 0.6 is 11.6 Å². The first-order valence-corrected chi connectivity index (χ1v) is 15.5. The fourth-order valence-corrected chi connectivity index (χ4v) is 6.67. The molecule has 4 heterocycles. The molecule has 0 fully saturated rings. The van der Waals surface area contributed by atoms with E-state index in [4.69, 9.17) is 16.3 Å². The zero-order valence-corrected chi connectivity index (χ0v) is 24.1. The molecule has 40 heavy (non-hydrogen) atoms. The predicted octanol–water partition coefficient (Wildman–Crippen LogP) is 3.29. The van der Waals surface area contributed by atoms with Crippen LogP contribution in [0.2, 0.25) is 5.02 Å². The van der Waals surface area contributed by atoms with E-state index in [0.29, 0.717) is 56.1 Å². The molecule has 0 bridgehead atoms. The van der Waals surface area contributed by atoms with Crippen LogP contribution in [0.15, 0.2) is 23.4 Å². The number of halogens is 2. The van der Waals surface area contributed by atoms with Crippen LogP contribution in [0.1, 0.15) is 57.8 Å². The number of carbonyl (C=O) groups is 1. The summed E-state index contributed by atoms with van der Waals surface area (Å²) in [4.78, 5) is 25.1. The van der Waals surface area contributed by atoms with Gasteiger partial charge in [0.1, 0.15) is 11.6 Å². The van der Waals surface area contributed by atoms with E-state index >= 15 is 0 Å². The van der Waals surface area contributed by atoms with Crippen LogP contribution in [0.5, 0.6) is 0 Å². The van der Waals surface area contributed by atoms with Crippen molar-refractivity contribution < 1.29 is 22.3 Å². The van der Waals surface area contributed by atoms with E-state index in [0.717, 1.165) is 41.5 Å². The fraction of sp³-hybridized carbons (Fsp3) is 0.481. The monoisotopic (exact) mass is 588 g/mol. The SMILES string of the molecule is CN(C)C(=O)c1cc2n(n1)CCCN(c1nc(S(C)(=O)=O)nc3c1COC1(CCCc4cc(F)c(Cl)cc41)C3)C2.